The highest BCUT2D eigenvalue weighted by molar-refractivity contribution is 6.29. The summed E-state index contributed by atoms with van der Waals surface area (Å²) < 4.78 is 0. The van der Waals surface area contributed by atoms with E-state index in [-0.39, 0.29) is 0 Å². The zero-order chi connectivity index (χ0) is 11.6. The van der Waals surface area contributed by atoms with E-state index in [9.17, 15) is 0 Å². The van der Waals surface area contributed by atoms with Crippen LogP contribution in [0.1, 0.15) is 39.5 Å². The summed E-state index contributed by atoms with van der Waals surface area (Å²) in [6.45, 7) is 4.70. The third kappa shape index (κ3) is 3.11. The first-order valence-electron chi connectivity index (χ1n) is 5.93. The summed E-state index contributed by atoms with van der Waals surface area (Å²) in [4.78, 5) is 4.08. The van der Waals surface area contributed by atoms with Gasteiger partial charge in [0.15, 0.2) is 0 Å². The van der Waals surface area contributed by atoms with Gasteiger partial charge in [-0.3, -0.25) is 0 Å². The largest absolute Gasteiger partial charge is 0.381 e. The lowest BCUT2D eigenvalue weighted by atomic mass is 9.75. The molecule has 0 saturated heterocycles. The van der Waals surface area contributed by atoms with E-state index in [1.54, 1.807) is 0 Å². The summed E-state index contributed by atoms with van der Waals surface area (Å²) in [6.07, 6.45) is 6.95. The molecule has 3 heteroatoms. The molecule has 1 atom stereocenters. The Balaban J connectivity index is 1.97. The highest BCUT2D eigenvalue weighted by atomic mass is 35.5. The molecule has 0 aliphatic heterocycles. The van der Waals surface area contributed by atoms with Gasteiger partial charge in [-0.15, -0.1) is 0 Å². The number of rotatable bonds is 2. The number of aromatic nitrogens is 1. The van der Waals surface area contributed by atoms with Crippen molar-refractivity contribution in [2.75, 3.05) is 5.32 Å². The van der Waals surface area contributed by atoms with Crippen molar-refractivity contribution in [3.63, 3.8) is 0 Å². The molecule has 88 valence electrons. The van der Waals surface area contributed by atoms with E-state index in [1.165, 1.54) is 25.7 Å². The molecule has 1 saturated carbocycles. The van der Waals surface area contributed by atoms with Gasteiger partial charge < -0.3 is 5.32 Å². The predicted molar refractivity (Wildman–Crippen MR) is 68.9 cm³/mol. The van der Waals surface area contributed by atoms with E-state index in [1.807, 2.05) is 18.3 Å². The molecule has 2 rings (SSSR count). The molecule has 1 fully saturated rings. The Morgan fingerprint density at radius 1 is 1.44 bits per heavy atom. The van der Waals surface area contributed by atoms with Crippen LogP contribution in [0, 0.1) is 5.41 Å². The average Bonchev–Trinajstić information content (AvgIpc) is 2.20. The van der Waals surface area contributed by atoms with E-state index < -0.39 is 0 Å². The van der Waals surface area contributed by atoms with Gasteiger partial charge in [0.1, 0.15) is 5.15 Å². The lowest BCUT2D eigenvalue weighted by molar-refractivity contribution is 0.229. The second kappa shape index (κ2) is 4.62. The van der Waals surface area contributed by atoms with Crippen LogP contribution in [0.5, 0.6) is 0 Å². The summed E-state index contributed by atoms with van der Waals surface area (Å²) in [5.41, 5.74) is 1.54. The van der Waals surface area contributed by atoms with Crippen LogP contribution in [0.15, 0.2) is 18.3 Å². The molecule has 0 spiro atoms. The summed E-state index contributed by atoms with van der Waals surface area (Å²) >= 11 is 5.76. The molecular formula is C13H19ClN2. The second-order valence-electron chi connectivity index (χ2n) is 5.47. The minimum absolute atomic E-state index is 0.468. The van der Waals surface area contributed by atoms with Crippen molar-refractivity contribution in [2.24, 2.45) is 5.41 Å². The van der Waals surface area contributed by atoms with Crippen LogP contribution in [0.3, 0.4) is 0 Å². The van der Waals surface area contributed by atoms with E-state index in [0.29, 0.717) is 16.6 Å². The summed E-state index contributed by atoms with van der Waals surface area (Å²) in [7, 11) is 0. The second-order valence-corrected chi connectivity index (χ2v) is 5.86. The summed E-state index contributed by atoms with van der Waals surface area (Å²) in [5, 5.41) is 4.09. The Morgan fingerprint density at radius 3 is 2.88 bits per heavy atom. The monoisotopic (exact) mass is 238 g/mol. The molecule has 1 N–H and O–H groups in total. The van der Waals surface area contributed by atoms with Crippen LogP contribution in [0.25, 0.3) is 0 Å². The van der Waals surface area contributed by atoms with Crippen LogP contribution in [-0.2, 0) is 0 Å². The van der Waals surface area contributed by atoms with Crippen molar-refractivity contribution in [3.05, 3.63) is 23.5 Å². The molecule has 1 aliphatic rings. The smallest absolute Gasteiger partial charge is 0.129 e. The van der Waals surface area contributed by atoms with Gasteiger partial charge in [0.05, 0.1) is 11.9 Å². The summed E-state index contributed by atoms with van der Waals surface area (Å²) in [5.74, 6) is 0. The Kier molecular flexibility index (Phi) is 3.38. The standard InChI is InChI=1S/C13H19ClN2/c1-13(2)7-3-4-10(8-13)16-11-5-6-12(14)15-9-11/h5-6,9-10,16H,3-4,7-8H2,1-2H3. The van der Waals surface area contributed by atoms with Gasteiger partial charge in [0.2, 0.25) is 0 Å². The number of hydrogen-bond acceptors (Lipinski definition) is 2. The van der Waals surface area contributed by atoms with E-state index in [4.69, 9.17) is 11.6 Å². The molecule has 1 aliphatic carbocycles. The highest BCUT2D eigenvalue weighted by Gasteiger charge is 2.27. The molecule has 1 aromatic heterocycles. The van der Waals surface area contributed by atoms with Gasteiger partial charge in [0, 0.05) is 6.04 Å². The fourth-order valence-corrected chi connectivity index (χ4v) is 2.63. The first kappa shape index (κ1) is 11.7. The average molecular weight is 239 g/mol. The summed E-state index contributed by atoms with van der Waals surface area (Å²) in [6, 6.07) is 4.40. The first-order valence-corrected chi connectivity index (χ1v) is 6.31. The number of hydrogen-bond donors (Lipinski definition) is 1. The normalized spacial score (nSPS) is 24.1. The topological polar surface area (TPSA) is 24.9 Å². The molecule has 0 aromatic carbocycles. The number of nitrogens with one attached hydrogen (secondary N) is 1. The quantitative estimate of drug-likeness (QED) is 0.785. The maximum atomic E-state index is 5.76. The molecular weight excluding hydrogens is 220 g/mol. The third-order valence-corrected chi connectivity index (χ3v) is 3.53. The van der Waals surface area contributed by atoms with Crippen LogP contribution in [0.4, 0.5) is 5.69 Å². The lowest BCUT2D eigenvalue weighted by Crippen LogP contribution is -2.31. The van der Waals surface area contributed by atoms with Crippen molar-refractivity contribution in [1.29, 1.82) is 0 Å². The SMILES string of the molecule is CC1(C)CCCC(Nc2ccc(Cl)nc2)C1. The molecule has 0 bridgehead atoms. The van der Waals surface area contributed by atoms with Gasteiger partial charge in [-0.2, -0.15) is 0 Å². The third-order valence-electron chi connectivity index (χ3n) is 3.30. The molecule has 0 amide bonds. The number of halogens is 1. The van der Waals surface area contributed by atoms with Crippen molar-refractivity contribution < 1.29 is 0 Å². The lowest BCUT2D eigenvalue weighted by Gasteiger charge is -2.36. The fraction of sp³-hybridized carbons (Fsp3) is 0.615. The predicted octanol–water partition coefficient (Wildman–Crippen LogP) is 4.12. The van der Waals surface area contributed by atoms with Crippen LogP contribution < -0.4 is 5.32 Å². The van der Waals surface area contributed by atoms with E-state index in [2.05, 4.69) is 24.1 Å². The molecule has 1 heterocycles. The minimum atomic E-state index is 0.468. The van der Waals surface area contributed by atoms with Gasteiger partial charge in [-0.25, -0.2) is 4.98 Å². The van der Waals surface area contributed by atoms with Crippen LogP contribution in [-0.4, -0.2) is 11.0 Å². The van der Waals surface area contributed by atoms with Crippen molar-refractivity contribution in [3.8, 4) is 0 Å². The molecule has 1 unspecified atom stereocenters. The van der Waals surface area contributed by atoms with Crippen LogP contribution in [0.2, 0.25) is 5.15 Å². The zero-order valence-corrected chi connectivity index (χ0v) is 10.7. The molecule has 16 heavy (non-hydrogen) atoms. The highest BCUT2D eigenvalue weighted by Crippen LogP contribution is 2.36. The number of nitrogens with zero attached hydrogens (tertiary/aromatic N) is 1. The maximum absolute atomic E-state index is 5.76. The Hall–Kier alpha value is -0.760. The number of anilines is 1. The Labute approximate surface area is 102 Å². The van der Waals surface area contributed by atoms with E-state index in [0.717, 1.165) is 5.69 Å². The minimum Gasteiger partial charge on any atom is -0.381 e. The molecule has 1 aromatic rings. The van der Waals surface area contributed by atoms with Crippen molar-refractivity contribution in [2.45, 2.75) is 45.6 Å². The first-order chi connectivity index (χ1) is 7.55. The number of pyridine rings is 1. The van der Waals surface area contributed by atoms with Gasteiger partial charge in [-0.05, 0) is 36.8 Å². The van der Waals surface area contributed by atoms with Crippen molar-refractivity contribution >= 4 is 17.3 Å². The fourth-order valence-electron chi connectivity index (χ4n) is 2.52. The maximum Gasteiger partial charge on any atom is 0.129 e. The zero-order valence-electron chi connectivity index (χ0n) is 9.96. The van der Waals surface area contributed by atoms with Gasteiger partial charge in [0.25, 0.3) is 0 Å². The van der Waals surface area contributed by atoms with E-state index >= 15 is 0 Å². The van der Waals surface area contributed by atoms with Gasteiger partial charge in [-0.1, -0.05) is 31.9 Å². The van der Waals surface area contributed by atoms with Gasteiger partial charge >= 0.3 is 0 Å². The molecule has 2 nitrogen and oxygen atoms in total. The Bertz CT molecular complexity index is 345. The van der Waals surface area contributed by atoms with Crippen molar-refractivity contribution in [1.82, 2.24) is 4.98 Å². The Morgan fingerprint density at radius 2 is 2.25 bits per heavy atom. The molecule has 0 radical (unpaired) electrons. The van der Waals surface area contributed by atoms with Crippen LogP contribution >= 0.6 is 11.6 Å².